The van der Waals surface area contributed by atoms with Gasteiger partial charge in [-0.05, 0) is 210 Å². The van der Waals surface area contributed by atoms with Gasteiger partial charge in [0.05, 0.1) is 33.9 Å². The van der Waals surface area contributed by atoms with Gasteiger partial charge in [-0.1, -0.05) is 96.1 Å². The maximum atomic E-state index is 13.2. The average molecular weight is 1650 g/mol. The lowest BCUT2D eigenvalue weighted by Crippen LogP contribution is -2.57. The maximum absolute atomic E-state index is 13.2. The summed E-state index contributed by atoms with van der Waals surface area (Å²) in [6.07, 6.45) is -2.35. The van der Waals surface area contributed by atoms with E-state index in [0.717, 1.165) is 84.1 Å². The van der Waals surface area contributed by atoms with Crippen molar-refractivity contribution in [3.8, 4) is 17.1 Å². The fourth-order valence-electron chi connectivity index (χ4n) is 14.1. The number of nitrogens with two attached hydrogens (primary N) is 1. The minimum absolute atomic E-state index is 0. The number of fused-ring (bicyclic) bond motifs is 3. The van der Waals surface area contributed by atoms with E-state index in [4.69, 9.17) is 25.1 Å². The molecule has 6 aromatic carbocycles. The summed E-state index contributed by atoms with van der Waals surface area (Å²) < 4.78 is 48.3. The quantitative estimate of drug-likeness (QED) is 0.0654. The third kappa shape index (κ3) is 24.4. The summed E-state index contributed by atoms with van der Waals surface area (Å²) in [5.41, 5.74) is 14.7. The van der Waals surface area contributed by atoms with Crippen LogP contribution in [-0.4, -0.2) is 204 Å². The summed E-state index contributed by atoms with van der Waals surface area (Å²) in [5, 5.41) is 18.5. The number of carboxylic acid groups (broad SMARTS) is 1. The molecule has 15 rings (SSSR count). The van der Waals surface area contributed by atoms with Gasteiger partial charge in [0.15, 0.2) is 0 Å². The van der Waals surface area contributed by atoms with Crippen LogP contribution in [0, 0.1) is 26.2 Å². The normalized spacial score (nSPS) is 15.9. The van der Waals surface area contributed by atoms with Gasteiger partial charge in [0.2, 0.25) is 18.1 Å². The molecule has 3 saturated heterocycles. The molecule has 27 heteroatoms. The predicted octanol–water partition coefficient (Wildman–Crippen LogP) is 15.8. The number of aryl methyl sites for hydroxylation is 3. The topological polar surface area (TPSA) is 273 Å². The van der Waals surface area contributed by atoms with E-state index >= 15 is 0 Å². The van der Waals surface area contributed by atoms with Crippen molar-refractivity contribution < 1.29 is 70.9 Å². The predicted molar refractivity (Wildman–Crippen MR) is 458 cm³/mol. The summed E-state index contributed by atoms with van der Waals surface area (Å²) in [7, 11) is 0. The van der Waals surface area contributed by atoms with Crippen molar-refractivity contribution in [3.05, 3.63) is 198 Å². The van der Waals surface area contributed by atoms with Crippen LogP contribution < -0.4 is 16.4 Å². The van der Waals surface area contributed by atoms with Gasteiger partial charge in [-0.15, -0.1) is 12.4 Å². The molecule has 0 bridgehead atoms. The molecule has 3 saturated carbocycles. The number of rotatable bonds is 12. The van der Waals surface area contributed by atoms with E-state index in [2.05, 4.69) is 112 Å². The number of hydrogen-bond acceptors (Lipinski definition) is 13. The van der Waals surface area contributed by atoms with Gasteiger partial charge in [0.25, 0.3) is 17.7 Å². The monoisotopic (exact) mass is 1650 g/mol. The van der Waals surface area contributed by atoms with Crippen LogP contribution in [0.25, 0.3) is 49.8 Å². The van der Waals surface area contributed by atoms with Crippen molar-refractivity contribution in [2.75, 3.05) is 78.5 Å². The summed E-state index contributed by atoms with van der Waals surface area (Å²) in [6.45, 7) is 36.3. The molecule has 9 aromatic rings. The molecule has 636 valence electrons. The first kappa shape index (κ1) is 94.3. The zero-order chi connectivity index (χ0) is 86.0. The first-order valence-corrected chi connectivity index (χ1v) is 40.6. The molecule has 6 aliphatic rings. The highest BCUT2D eigenvalue weighted by molar-refractivity contribution is 5.98. The lowest BCUT2D eigenvalue weighted by atomic mass is 10.0. The highest BCUT2D eigenvalue weighted by atomic mass is 35.5. The first-order valence-electron chi connectivity index (χ1n) is 40.6. The molecule has 3 aliphatic heterocycles. The summed E-state index contributed by atoms with van der Waals surface area (Å²) in [5.74, 6) is -1.27. The number of amides is 6. The zero-order valence-corrected chi connectivity index (χ0v) is 71.6. The van der Waals surface area contributed by atoms with Crippen molar-refractivity contribution in [1.29, 1.82) is 0 Å². The van der Waals surface area contributed by atoms with Crippen LogP contribution >= 0.6 is 12.4 Å². The number of piperazine rings is 3. The Hall–Kier alpha value is -10.8. The lowest BCUT2D eigenvalue weighted by Gasteiger charge is -2.36. The number of aromatic nitrogens is 3. The standard InChI is InChI=1S/C29H34N4O4.C24H26N4O2.C20H21N3O.C10H16O4.C2HF3O.3C2H6.ClH/c1-20-19-22-7-5-6-8-24(22)33(20)23-11-9-21(10-12-23)25(34)31-15-17-32(18-16-31)26(35)29(13-14-29)30-27(36)37-28(2,3)4;1-17-16-19-4-2-3-5-21(19)28(17)20-8-6-18(7-9-20)22(29)26-12-14-27(15-13-26)23(30)24(25)10-11-24;1-15-14-17-4-2-3-5-19(17)23(15)18-8-6-16(7-9-18)20(24)22-12-10-21-11-13-22;1-9(2,3)14-7(11)6-10(4-5-10)8(12)13;3-2(4,5)1-6;3*1-2;/h5-12,19H,13-18H2,1-4H3,(H,30,36);2-9,16H,10-15,25H2,1H3;2-9,14,21H,10-13H2,1H3;4-6H2,1-3H3,(H,12,13);1H;3*1-2H3;1H. The number of nitrogens with zero attached hydrogens (tertiary/aromatic N) is 8. The number of aldehydes is 1. The van der Waals surface area contributed by atoms with E-state index in [1.165, 1.54) is 27.4 Å². The summed E-state index contributed by atoms with van der Waals surface area (Å²) in [6, 6.07) is 54.8. The van der Waals surface area contributed by atoms with Crippen molar-refractivity contribution in [2.45, 2.75) is 177 Å². The van der Waals surface area contributed by atoms with Gasteiger partial charge < -0.3 is 69.1 Å². The summed E-state index contributed by atoms with van der Waals surface area (Å²) in [4.78, 5) is 116. The van der Waals surface area contributed by atoms with Gasteiger partial charge in [0, 0.05) is 146 Å². The van der Waals surface area contributed by atoms with Crippen LogP contribution in [-0.2, 0) is 33.4 Å². The second-order valence-corrected chi connectivity index (χ2v) is 31.3. The van der Waals surface area contributed by atoms with Gasteiger partial charge >= 0.3 is 24.2 Å². The molecule has 5 N–H and O–H groups in total. The molecule has 6 heterocycles. The highest BCUT2D eigenvalue weighted by Crippen LogP contribution is 2.49. The number of carboxylic acids is 1. The van der Waals surface area contributed by atoms with Crippen LogP contribution in [0.15, 0.2) is 164 Å². The third-order valence-electron chi connectivity index (χ3n) is 20.4. The molecular weight excluding hydrogens is 1530 g/mol. The van der Waals surface area contributed by atoms with E-state index in [-0.39, 0.29) is 48.4 Å². The van der Waals surface area contributed by atoms with E-state index in [0.29, 0.717) is 89.2 Å². The van der Waals surface area contributed by atoms with Crippen LogP contribution in [0.1, 0.15) is 176 Å². The van der Waals surface area contributed by atoms with Gasteiger partial charge in [-0.3, -0.25) is 38.4 Å². The second kappa shape index (κ2) is 41.0. The molecule has 6 amide bonds. The number of carbonyl (C=O) groups is 9. The first-order chi connectivity index (χ1) is 55.6. The molecule has 6 fully saturated rings. The minimum Gasteiger partial charge on any atom is -0.481 e. The Bertz CT molecular complexity index is 4910. The summed E-state index contributed by atoms with van der Waals surface area (Å²) >= 11 is 0. The molecule has 0 radical (unpaired) electrons. The Morgan fingerprint density at radius 3 is 1.05 bits per heavy atom. The van der Waals surface area contributed by atoms with E-state index in [1.807, 2.05) is 148 Å². The number of halogens is 4. The Morgan fingerprint density at radius 2 is 0.763 bits per heavy atom. The molecule has 0 unspecified atom stereocenters. The van der Waals surface area contributed by atoms with Gasteiger partial charge in [0.1, 0.15) is 16.7 Å². The number of alkyl carbamates (subject to hydrolysis) is 1. The average Bonchev–Trinajstić information content (AvgIpc) is 1.50. The molecule has 0 spiro atoms. The van der Waals surface area contributed by atoms with E-state index < -0.39 is 58.2 Å². The Labute approximate surface area is 696 Å². The molecule has 118 heavy (non-hydrogen) atoms. The number of alkyl halides is 3. The molecule has 3 aromatic heterocycles. The lowest BCUT2D eigenvalue weighted by molar-refractivity contribution is -0.160. The van der Waals surface area contributed by atoms with Crippen LogP contribution in [0.5, 0.6) is 0 Å². The Kier molecular flexibility index (Phi) is 32.8. The number of ether oxygens (including phenoxy) is 2. The Balaban J connectivity index is 0.000000215. The van der Waals surface area contributed by atoms with Crippen LogP contribution in [0.3, 0.4) is 0 Å². The number of benzene rings is 6. The van der Waals surface area contributed by atoms with Crippen LogP contribution in [0.4, 0.5) is 18.0 Å². The smallest absolute Gasteiger partial charge is 0.446 e. The fraction of sp³-hybridized carbons (Fsp3) is 0.440. The van der Waals surface area contributed by atoms with Crippen molar-refractivity contribution in [3.63, 3.8) is 0 Å². The van der Waals surface area contributed by atoms with Gasteiger partial charge in [-0.25, -0.2) is 4.79 Å². The van der Waals surface area contributed by atoms with Crippen LogP contribution in [0.2, 0.25) is 0 Å². The second-order valence-electron chi connectivity index (χ2n) is 31.3. The molecule has 3 aliphatic carbocycles. The minimum atomic E-state index is -4.64. The molecule has 23 nitrogen and oxygen atoms in total. The number of esters is 1. The van der Waals surface area contributed by atoms with Crippen molar-refractivity contribution >= 4 is 99.0 Å². The number of para-hydroxylation sites is 3. The number of hydrogen-bond donors (Lipinski definition) is 4. The SMILES string of the molecule is CC.CC.CC.CC(C)(C)OC(=O)CC1(C(=O)O)CC1.Cc1cc2ccccc2n1-c1ccc(C(=O)N2CCN(C(=O)C3(N)CC3)CC2)cc1.Cc1cc2ccccc2n1-c1ccc(C(=O)N2CCN(C(=O)C3(NC(=O)OC(C)(C)C)CC3)CC2)cc1.Cc1cc2ccccc2n1-c1ccc(C(=O)N2CCNCC2)cc1.Cl.O=CC(F)(F)F. The van der Waals surface area contributed by atoms with E-state index in [9.17, 15) is 51.5 Å². The number of nitrogens with one attached hydrogen (secondary N) is 2. The number of aliphatic carboxylic acids is 1. The third-order valence-corrected chi connectivity index (χ3v) is 20.4. The van der Waals surface area contributed by atoms with Gasteiger partial charge in [-0.2, -0.15) is 13.2 Å². The molecular formula is C91H117ClF3N11O12. The van der Waals surface area contributed by atoms with Crippen molar-refractivity contribution in [1.82, 2.24) is 48.8 Å². The highest BCUT2D eigenvalue weighted by Gasteiger charge is 2.55. The van der Waals surface area contributed by atoms with Crippen molar-refractivity contribution in [2.24, 2.45) is 11.1 Å². The maximum Gasteiger partial charge on any atom is 0.446 e. The fourth-order valence-corrected chi connectivity index (χ4v) is 14.1. The molecule has 0 atom stereocenters. The number of carbonyl (C=O) groups excluding carboxylic acids is 8. The Morgan fingerprint density at radius 1 is 0.458 bits per heavy atom. The largest absolute Gasteiger partial charge is 0.481 e. The zero-order valence-electron chi connectivity index (χ0n) is 70.7. The van der Waals surface area contributed by atoms with E-state index in [1.54, 1.807) is 56.2 Å².